The predicted octanol–water partition coefficient (Wildman–Crippen LogP) is 3.21. The molecule has 1 atom stereocenters. The van der Waals surface area contributed by atoms with Gasteiger partial charge in [-0.15, -0.1) is 0 Å². The van der Waals surface area contributed by atoms with Crippen LogP contribution in [-0.2, 0) is 4.74 Å². The van der Waals surface area contributed by atoms with E-state index in [2.05, 4.69) is 10.6 Å². The minimum Gasteiger partial charge on any atom is -0.379 e. The van der Waals surface area contributed by atoms with E-state index < -0.39 is 11.5 Å². The third kappa shape index (κ3) is 4.93. The third-order valence-electron chi connectivity index (χ3n) is 2.61. The standard InChI is InChI=1S/C12H13F3N2O2S/c13-12(14,15)20-10-3-1-8(2-4-10)16-11(18)17-9-5-6-19-7-9/h1-4,9H,5-7H2,(H2,16,17,18). The number of rotatable bonds is 3. The lowest BCUT2D eigenvalue weighted by Gasteiger charge is -2.12. The molecule has 0 aromatic heterocycles. The maximum atomic E-state index is 12.2. The van der Waals surface area contributed by atoms with Crippen molar-refractivity contribution in [2.75, 3.05) is 18.5 Å². The molecule has 2 rings (SSSR count). The van der Waals surface area contributed by atoms with E-state index in [1.165, 1.54) is 24.3 Å². The van der Waals surface area contributed by atoms with Crippen LogP contribution in [0.5, 0.6) is 0 Å². The molecule has 0 saturated carbocycles. The van der Waals surface area contributed by atoms with Gasteiger partial charge in [0.1, 0.15) is 0 Å². The first-order chi connectivity index (χ1) is 9.42. The molecule has 0 bridgehead atoms. The molecule has 0 radical (unpaired) electrons. The molecule has 1 aromatic rings. The summed E-state index contributed by atoms with van der Waals surface area (Å²) in [6.07, 6.45) is 0.759. The van der Waals surface area contributed by atoms with Crippen LogP contribution in [0.15, 0.2) is 29.2 Å². The van der Waals surface area contributed by atoms with Crippen LogP contribution < -0.4 is 10.6 Å². The number of nitrogens with one attached hydrogen (secondary N) is 2. The topological polar surface area (TPSA) is 50.4 Å². The lowest BCUT2D eigenvalue weighted by molar-refractivity contribution is -0.0328. The Morgan fingerprint density at radius 3 is 2.55 bits per heavy atom. The van der Waals surface area contributed by atoms with E-state index in [0.717, 1.165) is 6.42 Å². The number of carbonyl (C=O) groups is 1. The van der Waals surface area contributed by atoms with Gasteiger partial charge in [-0.05, 0) is 42.4 Å². The van der Waals surface area contributed by atoms with Crippen molar-refractivity contribution in [3.63, 3.8) is 0 Å². The van der Waals surface area contributed by atoms with Crippen LogP contribution in [0, 0.1) is 0 Å². The molecular formula is C12H13F3N2O2S. The Morgan fingerprint density at radius 1 is 1.30 bits per heavy atom. The molecule has 2 N–H and O–H groups in total. The maximum Gasteiger partial charge on any atom is 0.446 e. The molecule has 1 unspecified atom stereocenters. The van der Waals surface area contributed by atoms with E-state index in [1.54, 1.807) is 0 Å². The summed E-state index contributed by atoms with van der Waals surface area (Å²) >= 11 is -0.190. The summed E-state index contributed by atoms with van der Waals surface area (Å²) in [5.41, 5.74) is -3.87. The number of amides is 2. The van der Waals surface area contributed by atoms with Crippen molar-refractivity contribution in [2.24, 2.45) is 0 Å². The van der Waals surface area contributed by atoms with E-state index in [4.69, 9.17) is 4.74 Å². The minimum atomic E-state index is -4.31. The molecule has 1 aliphatic heterocycles. The van der Waals surface area contributed by atoms with Gasteiger partial charge in [-0.2, -0.15) is 13.2 Å². The molecular weight excluding hydrogens is 293 g/mol. The molecule has 1 heterocycles. The second-order valence-corrected chi connectivity index (χ2v) is 5.37. The molecule has 1 aromatic carbocycles. The first-order valence-electron chi connectivity index (χ1n) is 5.93. The third-order valence-corrected chi connectivity index (χ3v) is 3.35. The Labute approximate surface area is 118 Å². The summed E-state index contributed by atoms with van der Waals surface area (Å²) in [5, 5.41) is 5.28. The number of benzene rings is 1. The van der Waals surface area contributed by atoms with Gasteiger partial charge >= 0.3 is 11.5 Å². The van der Waals surface area contributed by atoms with Crippen molar-refractivity contribution in [1.82, 2.24) is 5.32 Å². The van der Waals surface area contributed by atoms with Gasteiger partial charge < -0.3 is 15.4 Å². The quantitative estimate of drug-likeness (QED) is 0.843. The highest BCUT2D eigenvalue weighted by molar-refractivity contribution is 8.00. The van der Waals surface area contributed by atoms with Gasteiger partial charge in [0.05, 0.1) is 12.6 Å². The van der Waals surface area contributed by atoms with E-state index in [0.29, 0.717) is 18.9 Å². The van der Waals surface area contributed by atoms with Gasteiger partial charge in [-0.25, -0.2) is 4.79 Å². The van der Waals surface area contributed by atoms with E-state index in [1.807, 2.05) is 0 Å². The number of thioether (sulfide) groups is 1. The molecule has 2 amide bonds. The van der Waals surface area contributed by atoms with Crippen LogP contribution in [0.3, 0.4) is 0 Å². The highest BCUT2D eigenvalue weighted by Crippen LogP contribution is 2.36. The van der Waals surface area contributed by atoms with Gasteiger partial charge in [-0.1, -0.05) is 0 Å². The van der Waals surface area contributed by atoms with Crippen LogP contribution in [-0.4, -0.2) is 30.8 Å². The van der Waals surface area contributed by atoms with Gasteiger partial charge in [0.2, 0.25) is 0 Å². The molecule has 0 aliphatic carbocycles. The van der Waals surface area contributed by atoms with E-state index in [9.17, 15) is 18.0 Å². The highest BCUT2D eigenvalue weighted by Gasteiger charge is 2.29. The molecule has 0 spiro atoms. The molecule has 1 fully saturated rings. The fourth-order valence-electron chi connectivity index (χ4n) is 1.74. The summed E-state index contributed by atoms with van der Waals surface area (Å²) in [7, 11) is 0. The number of hydrogen-bond donors (Lipinski definition) is 2. The summed E-state index contributed by atoms with van der Waals surface area (Å²) in [5.74, 6) is 0. The Morgan fingerprint density at radius 2 is 2.00 bits per heavy atom. The van der Waals surface area contributed by atoms with Crippen molar-refractivity contribution in [2.45, 2.75) is 22.9 Å². The molecule has 110 valence electrons. The second-order valence-electron chi connectivity index (χ2n) is 4.23. The van der Waals surface area contributed by atoms with Crippen LogP contribution in [0.1, 0.15) is 6.42 Å². The van der Waals surface area contributed by atoms with Crippen LogP contribution in [0.4, 0.5) is 23.7 Å². The summed E-state index contributed by atoms with van der Waals surface area (Å²) in [4.78, 5) is 11.7. The lowest BCUT2D eigenvalue weighted by atomic mass is 10.3. The number of hydrogen-bond acceptors (Lipinski definition) is 3. The molecule has 4 nitrogen and oxygen atoms in total. The Hall–Kier alpha value is -1.41. The van der Waals surface area contributed by atoms with Crippen molar-refractivity contribution in [3.05, 3.63) is 24.3 Å². The number of anilines is 1. The van der Waals surface area contributed by atoms with Crippen LogP contribution in [0.2, 0.25) is 0 Å². The molecule has 8 heteroatoms. The Balaban J connectivity index is 1.85. The SMILES string of the molecule is O=C(Nc1ccc(SC(F)(F)F)cc1)NC1CCOC1. The molecule has 1 saturated heterocycles. The zero-order valence-electron chi connectivity index (χ0n) is 10.4. The first-order valence-corrected chi connectivity index (χ1v) is 6.75. The van der Waals surface area contributed by atoms with Crippen molar-refractivity contribution >= 4 is 23.5 Å². The summed E-state index contributed by atoms with van der Waals surface area (Å²) < 4.78 is 41.6. The fraction of sp³-hybridized carbons (Fsp3) is 0.417. The van der Waals surface area contributed by atoms with Crippen molar-refractivity contribution in [3.8, 4) is 0 Å². The summed E-state index contributed by atoms with van der Waals surface area (Å²) in [6, 6.07) is 5.07. The number of halogens is 3. The number of urea groups is 1. The normalized spacial score (nSPS) is 18.9. The first kappa shape index (κ1) is 15.0. The van der Waals surface area contributed by atoms with Crippen molar-refractivity contribution in [1.29, 1.82) is 0 Å². The zero-order valence-corrected chi connectivity index (χ0v) is 11.2. The monoisotopic (exact) mass is 306 g/mol. The average molecular weight is 306 g/mol. The number of carbonyl (C=O) groups excluding carboxylic acids is 1. The lowest BCUT2D eigenvalue weighted by Crippen LogP contribution is -2.38. The molecule has 1 aliphatic rings. The van der Waals surface area contributed by atoms with Gasteiger partial charge in [0.15, 0.2) is 0 Å². The van der Waals surface area contributed by atoms with Crippen LogP contribution >= 0.6 is 11.8 Å². The largest absolute Gasteiger partial charge is 0.446 e. The number of ether oxygens (including phenoxy) is 1. The van der Waals surface area contributed by atoms with Crippen LogP contribution in [0.25, 0.3) is 0 Å². The smallest absolute Gasteiger partial charge is 0.379 e. The average Bonchev–Trinajstić information content (AvgIpc) is 2.82. The van der Waals surface area contributed by atoms with Crippen molar-refractivity contribution < 1.29 is 22.7 Å². The van der Waals surface area contributed by atoms with E-state index >= 15 is 0 Å². The minimum absolute atomic E-state index is 0.0185. The zero-order chi connectivity index (χ0) is 14.6. The van der Waals surface area contributed by atoms with E-state index in [-0.39, 0.29) is 22.7 Å². The maximum absolute atomic E-state index is 12.2. The second kappa shape index (κ2) is 6.36. The fourth-order valence-corrected chi connectivity index (χ4v) is 2.28. The highest BCUT2D eigenvalue weighted by atomic mass is 32.2. The van der Waals surface area contributed by atoms with Gasteiger partial charge in [-0.3, -0.25) is 0 Å². The molecule has 20 heavy (non-hydrogen) atoms. The van der Waals surface area contributed by atoms with Gasteiger partial charge in [0.25, 0.3) is 0 Å². The Kier molecular flexibility index (Phi) is 4.77. The summed E-state index contributed by atoms with van der Waals surface area (Å²) in [6.45, 7) is 1.10. The Bertz CT molecular complexity index is 459. The predicted molar refractivity (Wildman–Crippen MR) is 69.7 cm³/mol. The number of alkyl halides is 3. The van der Waals surface area contributed by atoms with Gasteiger partial charge in [0, 0.05) is 17.2 Å².